The van der Waals surface area contributed by atoms with Gasteiger partial charge in [0, 0.05) is 18.9 Å². The normalized spacial score (nSPS) is 11.2. The Morgan fingerprint density at radius 3 is 2.80 bits per heavy atom. The monoisotopic (exact) mass is 328 g/mol. The molecule has 8 heteroatoms. The molecule has 0 aliphatic rings. The van der Waals surface area contributed by atoms with Crippen LogP contribution in [-0.2, 0) is 6.54 Å². The van der Waals surface area contributed by atoms with Crippen molar-refractivity contribution < 1.29 is 0 Å². The third-order valence-electron chi connectivity index (χ3n) is 2.28. The molecule has 0 N–H and O–H groups in total. The van der Waals surface area contributed by atoms with Crippen molar-refractivity contribution in [1.29, 1.82) is 0 Å². The molecule has 0 amide bonds. The minimum Gasteiger partial charge on any atom is -0.311 e. The summed E-state index contributed by atoms with van der Waals surface area (Å²) >= 11 is 4.44. The molecule has 2 aromatic rings. The number of hydrogen-bond acceptors (Lipinski definition) is 7. The second-order valence-electron chi connectivity index (χ2n) is 4.45. The summed E-state index contributed by atoms with van der Waals surface area (Å²) in [5, 5.41) is 8.62. The van der Waals surface area contributed by atoms with Gasteiger partial charge in [-0.25, -0.2) is 4.98 Å². The fourth-order valence-electron chi connectivity index (χ4n) is 1.54. The van der Waals surface area contributed by atoms with Crippen molar-refractivity contribution in [2.24, 2.45) is 5.92 Å². The molecule has 0 bridgehead atoms. The molecule has 108 valence electrons. The molecule has 0 atom stereocenters. The number of rotatable bonds is 6. The van der Waals surface area contributed by atoms with E-state index in [1.807, 2.05) is 0 Å². The highest BCUT2D eigenvalue weighted by Gasteiger charge is 2.11. The van der Waals surface area contributed by atoms with Gasteiger partial charge in [0.15, 0.2) is 13.7 Å². The van der Waals surface area contributed by atoms with E-state index in [2.05, 4.69) is 36.0 Å². The van der Waals surface area contributed by atoms with Crippen LogP contribution in [-0.4, -0.2) is 25.5 Å². The molecular formula is C12H16N4OS3. The van der Waals surface area contributed by atoms with Gasteiger partial charge in [-0.2, -0.15) is 0 Å². The number of aromatic nitrogens is 4. The molecule has 0 aliphatic heterocycles. The molecule has 0 saturated heterocycles. The predicted octanol–water partition coefficient (Wildman–Crippen LogP) is 3.01. The van der Waals surface area contributed by atoms with Crippen LogP contribution in [0.2, 0.25) is 0 Å². The third-order valence-corrected chi connectivity index (χ3v) is 5.25. The highest BCUT2D eigenvalue weighted by atomic mass is 32.2. The average Bonchev–Trinajstić information content (AvgIpc) is 2.82. The Labute approximate surface area is 130 Å². The standard InChI is InChI=1S/C12H16N4OS3/c1-4-18-11-14-15-12(20-11)19-9-10(17)16(6-5-13-9)7-8(2)3/h5-6,8H,4,7H2,1-3H3. The molecule has 5 nitrogen and oxygen atoms in total. The summed E-state index contributed by atoms with van der Waals surface area (Å²) in [5.41, 5.74) is -0.0638. The van der Waals surface area contributed by atoms with E-state index >= 15 is 0 Å². The molecule has 0 spiro atoms. The molecule has 2 heterocycles. The topological polar surface area (TPSA) is 60.7 Å². The summed E-state index contributed by atoms with van der Waals surface area (Å²) in [5.74, 6) is 1.38. The highest BCUT2D eigenvalue weighted by molar-refractivity contribution is 8.03. The summed E-state index contributed by atoms with van der Waals surface area (Å²) in [6.07, 6.45) is 3.39. The lowest BCUT2D eigenvalue weighted by Crippen LogP contribution is -2.23. The first-order valence-electron chi connectivity index (χ1n) is 6.29. The van der Waals surface area contributed by atoms with Crippen LogP contribution < -0.4 is 5.56 Å². The van der Waals surface area contributed by atoms with Gasteiger partial charge in [0.25, 0.3) is 5.56 Å². The van der Waals surface area contributed by atoms with Gasteiger partial charge in [-0.15, -0.1) is 10.2 Å². The van der Waals surface area contributed by atoms with Crippen molar-refractivity contribution in [2.75, 3.05) is 5.75 Å². The van der Waals surface area contributed by atoms with Gasteiger partial charge < -0.3 is 4.57 Å². The number of nitrogens with zero attached hydrogens (tertiary/aromatic N) is 4. The smallest absolute Gasteiger partial charge is 0.283 e. The molecule has 20 heavy (non-hydrogen) atoms. The lowest BCUT2D eigenvalue weighted by Gasteiger charge is -2.08. The van der Waals surface area contributed by atoms with Gasteiger partial charge in [-0.3, -0.25) is 4.79 Å². The maximum atomic E-state index is 12.3. The molecule has 0 radical (unpaired) electrons. The summed E-state index contributed by atoms with van der Waals surface area (Å²) < 4.78 is 3.38. The maximum absolute atomic E-state index is 12.3. The third kappa shape index (κ3) is 4.07. The molecule has 0 fully saturated rings. The van der Waals surface area contributed by atoms with E-state index in [-0.39, 0.29) is 5.56 Å². The SMILES string of the molecule is CCSc1nnc(Sc2nccn(CC(C)C)c2=O)s1. The van der Waals surface area contributed by atoms with Crippen LogP contribution >= 0.6 is 34.9 Å². The van der Waals surface area contributed by atoms with E-state index in [4.69, 9.17) is 0 Å². The molecule has 0 saturated carbocycles. The summed E-state index contributed by atoms with van der Waals surface area (Å²) in [6.45, 7) is 6.93. The van der Waals surface area contributed by atoms with Crippen molar-refractivity contribution in [3.63, 3.8) is 0 Å². The van der Waals surface area contributed by atoms with Crippen LogP contribution in [0.1, 0.15) is 20.8 Å². The van der Waals surface area contributed by atoms with Crippen LogP contribution in [0.25, 0.3) is 0 Å². The van der Waals surface area contributed by atoms with Crippen molar-refractivity contribution in [2.45, 2.75) is 41.0 Å². The van der Waals surface area contributed by atoms with Crippen molar-refractivity contribution >= 4 is 34.9 Å². The Morgan fingerprint density at radius 2 is 2.10 bits per heavy atom. The van der Waals surface area contributed by atoms with Gasteiger partial charge in [-0.1, -0.05) is 43.9 Å². The second-order valence-corrected chi connectivity index (χ2v) is 8.18. The lowest BCUT2D eigenvalue weighted by atomic mass is 10.2. The first-order valence-corrected chi connectivity index (χ1v) is 8.91. The Kier molecular flexibility index (Phi) is 5.62. The van der Waals surface area contributed by atoms with Crippen molar-refractivity contribution in [3.8, 4) is 0 Å². The van der Waals surface area contributed by atoms with Gasteiger partial charge >= 0.3 is 0 Å². The molecule has 2 rings (SSSR count). The van der Waals surface area contributed by atoms with E-state index < -0.39 is 0 Å². The van der Waals surface area contributed by atoms with Crippen molar-refractivity contribution in [1.82, 2.24) is 19.7 Å². The zero-order valence-electron chi connectivity index (χ0n) is 11.6. The predicted molar refractivity (Wildman–Crippen MR) is 83.8 cm³/mol. The Hall–Kier alpha value is -0.860. The fourth-order valence-corrected chi connectivity index (χ4v) is 4.39. The zero-order valence-corrected chi connectivity index (χ0v) is 14.0. The van der Waals surface area contributed by atoms with Crippen LogP contribution in [0.15, 0.2) is 30.9 Å². The van der Waals surface area contributed by atoms with E-state index in [1.54, 1.807) is 28.7 Å². The zero-order chi connectivity index (χ0) is 14.5. The van der Waals surface area contributed by atoms with Crippen molar-refractivity contribution in [3.05, 3.63) is 22.7 Å². The molecular weight excluding hydrogens is 312 g/mol. The fraction of sp³-hybridized carbons (Fsp3) is 0.500. The van der Waals surface area contributed by atoms with E-state index in [0.717, 1.165) is 14.4 Å². The molecule has 0 aliphatic carbocycles. The van der Waals surface area contributed by atoms with Gasteiger partial charge in [0.2, 0.25) is 0 Å². The highest BCUT2D eigenvalue weighted by Crippen LogP contribution is 2.31. The molecule has 2 aromatic heterocycles. The average molecular weight is 328 g/mol. The van der Waals surface area contributed by atoms with Gasteiger partial charge in [-0.05, 0) is 23.4 Å². The minimum atomic E-state index is -0.0638. The van der Waals surface area contributed by atoms with E-state index in [0.29, 0.717) is 17.5 Å². The van der Waals surface area contributed by atoms with E-state index in [9.17, 15) is 4.79 Å². The van der Waals surface area contributed by atoms with Crippen LogP contribution in [0, 0.1) is 5.92 Å². The summed E-state index contributed by atoms with van der Waals surface area (Å²) in [7, 11) is 0. The Balaban J connectivity index is 2.18. The first kappa shape index (κ1) is 15.5. The largest absolute Gasteiger partial charge is 0.311 e. The quantitative estimate of drug-likeness (QED) is 0.760. The molecule has 0 unspecified atom stereocenters. The lowest BCUT2D eigenvalue weighted by molar-refractivity contribution is 0.502. The van der Waals surface area contributed by atoms with Crippen LogP contribution in [0.5, 0.6) is 0 Å². The Bertz CT molecular complexity index is 623. The second kappa shape index (κ2) is 7.24. The van der Waals surface area contributed by atoms with Crippen LogP contribution in [0.3, 0.4) is 0 Å². The maximum Gasteiger partial charge on any atom is 0.283 e. The van der Waals surface area contributed by atoms with Gasteiger partial charge in [0.05, 0.1) is 0 Å². The number of hydrogen-bond donors (Lipinski definition) is 0. The first-order chi connectivity index (χ1) is 9.60. The summed E-state index contributed by atoms with van der Waals surface area (Å²) in [4.78, 5) is 16.4. The summed E-state index contributed by atoms with van der Waals surface area (Å²) in [6, 6.07) is 0. The van der Waals surface area contributed by atoms with Crippen LogP contribution in [0.4, 0.5) is 0 Å². The van der Waals surface area contributed by atoms with Gasteiger partial charge in [0.1, 0.15) is 0 Å². The van der Waals surface area contributed by atoms with E-state index in [1.165, 1.54) is 23.1 Å². The number of thioether (sulfide) groups is 1. The Morgan fingerprint density at radius 1 is 1.35 bits per heavy atom. The molecule has 0 aromatic carbocycles. The minimum absolute atomic E-state index is 0.0638.